The number of rotatable bonds is 0. The third-order valence-corrected chi connectivity index (χ3v) is 6.93. The zero-order valence-corrected chi connectivity index (χ0v) is 20.6. The molecule has 0 saturated heterocycles. The van der Waals surface area contributed by atoms with Gasteiger partial charge >= 0.3 is 0 Å². The molecule has 2 nitrogen and oxygen atoms in total. The first-order valence-electron chi connectivity index (χ1n) is 10.8. The van der Waals surface area contributed by atoms with Gasteiger partial charge in [-0.05, 0) is 28.3 Å². The predicted octanol–water partition coefficient (Wildman–Crippen LogP) is 6.33. The SMILES string of the molecule is CC1(C)c2[c-]c(ccc2)-c2cccc(n2)[C-]2CC2(C)c2cccc(n2)-c2[c-]c1ccc2.[Pt]. The van der Waals surface area contributed by atoms with E-state index in [-0.39, 0.29) is 31.9 Å². The molecule has 1 aliphatic heterocycles. The third-order valence-electron chi connectivity index (χ3n) is 6.93. The first-order chi connectivity index (χ1) is 14.9. The van der Waals surface area contributed by atoms with Crippen LogP contribution in [0.3, 0.4) is 0 Å². The Morgan fingerprint density at radius 3 is 1.94 bits per heavy atom. The molecule has 2 aromatic heterocycles. The van der Waals surface area contributed by atoms with E-state index in [9.17, 15) is 0 Å². The van der Waals surface area contributed by atoms with Crippen LogP contribution in [0.2, 0.25) is 0 Å². The van der Waals surface area contributed by atoms with Crippen LogP contribution in [0.5, 0.6) is 0 Å². The Labute approximate surface area is 204 Å². The molecule has 2 aliphatic rings. The molecule has 162 valence electrons. The van der Waals surface area contributed by atoms with E-state index < -0.39 is 0 Å². The van der Waals surface area contributed by atoms with E-state index in [1.165, 1.54) is 5.92 Å². The second-order valence-electron chi connectivity index (χ2n) is 9.38. The average molecular weight is 595 g/mol. The normalized spacial score (nSPS) is 19.7. The van der Waals surface area contributed by atoms with Crippen molar-refractivity contribution in [2.75, 3.05) is 0 Å². The van der Waals surface area contributed by atoms with Gasteiger partial charge in [-0.1, -0.05) is 45.4 Å². The molecule has 32 heavy (non-hydrogen) atoms. The van der Waals surface area contributed by atoms with E-state index in [1.54, 1.807) is 0 Å². The molecule has 3 heteroatoms. The van der Waals surface area contributed by atoms with Crippen molar-refractivity contribution in [3.63, 3.8) is 0 Å². The third kappa shape index (κ3) is 3.24. The summed E-state index contributed by atoms with van der Waals surface area (Å²) < 4.78 is 0. The largest absolute Gasteiger partial charge is 0.335 e. The summed E-state index contributed by atoms with van der Waals surface area (Å²) >= 11 is 0. The molecule has 0 N–H and O–H groups in total. The van der Waals surface area contributed by atoms with Crippen LogP contribution in [0.25, 0.3) is 22.5 Å². The molecule has 2 aromatic carbocycles. The fraction of sp³-hybridized carbons (Fsp3) is 0.207. The van der Waals surface area contributed by atoms with Crippen molar-refractivity contribution < 1.29 is 21.1 Å². The Balaban J connectivity index is 0.00000216. The molecule has 3 heterocycles. The first-order valence-corrected chi connectivity index (χ1v) is 10.8. The molecule has 1 atom stereocenters. The summed E-state index contributed by atoms with van der Waals surface area (Å²) in [6.07, 6.45) is 0.987. The molecule has 0 amide bonds. The minimum absolute atomic E-state index is 0. The molecular weight excluding hydrogens is 571 g/mol. The molecule has 4 aromatic rings. The molecule has 1 aliphatic carbocycles. The Morgan fingerprint density at radius 1 is 0.719 bits per heavy atom. The van der Waals surface area contributed by atoms with Crippen LogP contribution >= 0.6 is 0 Å². The summed E-state index contributed by atoms with van der Waals surface area (Å²) in [4.78, 5) is 10.1. The number of hydrogen-bond donors (Lipinski definition) is 0. The Kier molecular flexibility index (Phi) is 4.91. The van der Waals surface area contributed by atoms with Gasteiger partial charge in [0, 0.05) is 26.8 Å². The molecular formula is C29H23N2Pt-3. The number of pyridine rings is 2. The van der Waals surface area contributed by atoms with Crippen molar-refractivity contribution in [2.45, 2.75) is 38.0 Å². The fourth-order valence-corrected chi connectivity index (χ4v) is 4.68. The molecule has 0 spiro atoms. The topological polar surface area (TPSA) is 25.8 Å². The van der Waals surface area contributed by atoms with Gasteiger partial charge in [-0.3, -0.25) is 0 Å². The smallest absolute Gasteiger partial charge is 0.0218 e. The van der Waals surface area contributed by atoms with Crippen LogP contribution in [0.4, 0.5) is 0 Å². The van der Waals surface area contributed by atoms with E-state index in [4.69, 9.17) is 9.97 Å². The summed E-state index contributed by atoms with van der Waals surface area (Å²) in [5.41, 5.74) is 8.11. The van der Waals surface area contributed by atoms with Gasteiger partial charge < -0.3 is 9.97 Å². The van der Waals surface area contributed by atoms with Crippen LogP contribution in [-0.2, 0) is 31.9 Å². The van der Waals surface area contributed by atoms with Gasteiger partial charge in [-0.15, -0.1) is 82.5 Å². The zero-order chi connectivity index (χ0) is 21.2. The molecule has 1 fully saturated rings. The molecule has 6 rings (SSSR count). The van der Waals surface area contributed by atoms with Crippen LogP contribution in [0.15, 0.2) is 72.8 Å². The number of fused-ring (bicyclic) bond motifs is 13. The van der Waals surface area contributed by atoms with Gasteiger partial charge in [0.25, 0.3) is 0 Å². The van der Waals surface area contributed by atoms with Crippen molar-refractivity contribution in [2.24, 2.45) is 0 Å². The summed E-state index contributed by atoms with van der Waals surface area (Å²) in [6, 6.07) is 32.7. The van der Waals surface area contributed by atoms with E-state index in [0.717, 1.165) is 51.5 Å². The standard InChI is InChI=1S/C29H23N2.Pt/c1-28(2)21-10-4-8-19(16-21)24-12-6-14-26(30-24)23-18-29(23,3)27-15-7-13-25(31-27)20-9-5-11-22(28)17-20;/h4-15H,18H2,1-3H3;/q-3;. The monoisotopic (exact) mass is 594 g/mol. The minimum Gasteiger partial charge on any atom is -0.335 e. The van der Waals surface area contributed by atoms with Crippen molar-refractivity contribution >= 4 is 0 Å². The zero-order valence-electron chi connectivity index (χ0n) is 18.3. The average Bonchev–Trinajstić information content (AvgIpc) is 3.52. The summed E-state index contributed by atoms with van der Waals surface area (Å²) in [7, 11) is 0. The second kappa shape index (κ2) is 7.42. The van der Waals surface area contributed by atoms with E-state index >= 15 is 0 Å². The van der Waals surface area contributed by atoms with Crippen LogP contribution in [0, 0.1) is 18.1 Å². The van der Waals surface area contributed by atoms with Crippen molar-refractivity contribution in [1.82, 2.24) is 9.97 Å². The maximum absolute atomic E-state index is 5.08. The quantitative estimate of drug-likeness (QED) is 0.223. The summed E-state index contributed by atoms with van der Waals surface area (Å²) in [5.74, 6) is 1.35. The van der Waals surface area contributed by atoms with Crippen LogP contribution in [-0.4, -0.2) is 9.97 Å². The van der Waals surface area contributed by atoms with Crippen molar-refractivity contribution in [3.05, 3.63) is 113 Å². The Hall–Kier alpha value is -2.70. The maximum atomic E-state index is 5.08. The van der Waals surface area contributed by atoms with Gasteiger partial charge in [-0.2, -0.15) is 12.0 Å². The number of nitrogens with zero attached hydrogens (tertiary/aromatic N) is 2. The number of hydrogen-bond acceptors (Lipinski definition) is 2. The van der Waals surface area contributed by atoms with Gasteiger partial charge in [0.05, 0.1) is 0 Å². The van der Waals surface area contributed by atoms with Crippen LogP contribution in [0.1, 0.15) is 49.7 Å². The maximum Gasteiger partial charge on any atom is 0.0218 e. The summed E-state index contributed by atoms with van der Waals surface area (Å²) in [5, 5.41) is 0. The van der Waals surface area contributed by atoms with E-state index in [2.05, 4.69) is 106 Å². The number of benzene rings is 2. The fourth-order valence-electron chi connectivity index (χ4n) is 4.68. The second-order valence-corrected chi connectivity index (χ2v) is 9.38. The summed E-state index contributed by atoms with van der Waals surface area (Å²) in [6.45, 7) is 6.74. The minimum atomic E-state index is -0.246. The van der Waals surface area contributed by atoms with Gasteiger partial charge in [-0.25, -0.2) is 0 Å². The van der Waals surface area contributed by atoms with Gasteiger partial charge in [0.2, 0.25) is 0 Å². The van der Waals surface area contributed by atoms with E-state index in [1.807, 2.05) is 0 Å². The Morgan fingerprint density at radius 2 is 1.28 bits per heavy atom. The predicted molar refractivity (Wildman–Crippen MR) is 123 cm³/mol. The first kappa shape index (κ1) is 21.2. The molecule has 8 bridgehead atoms. The van der Waals surface area contributed by atoms with Crippen molar-refractivity contribution in [1.29, 1.82) is 0 Å². The molecule has 1 saturated carbocycles. The molecule has 1 unspecified atom stereocenters. The Bertz CT molecular complexity index is 1330. The van der Waals surface area contributed by atoms with Crippen LogP contribution < -0.4 is 0 Å². The van der Waals surface area contributed by atoms with Gasteiger partial charge in [0.1, 0.15) is 0 Å². The molecule has 0 radical (unpaired) electrons. The van der Waals surface area contributed by atoms with E-state index in [0.29, 0.717) is 0 Å². The van der Waals surface area contributed by atoms with Gasteiger partial charge in [0.15, 0.2) is 0 Å². The number of aromatic nitrogens is 2. The van der Waals surface area contributed by atoms with Crippen molar-refractivity contribution in [3.8, 4) is 22.5 Å².